The van der Waals surface area contributed by atoms with Gasteiger partial charge in [0.2, 0.25) is 6.61 Å². The highest BCUT2D eigenvalue weighted by Gasteiger charge is 2.17. The zero-order chi connectivity index (χ0) is 22.4. The van der Waals surface area contributed by atoms with Crippen LogP contribution in [0.15, 0.2) is 59.8 Å². The standard InChI is InChI=1S/C24H25FN2O4/c1-5-30-24(28)15-31-26-16(2)22-14-23(18-6-8-19(25)9-7-18)27(17(22)3)20-10-12-21(29-4)13-11-20/h6-14H,5,15H2,1-4H3/b26-16-. The summed E-state index contributed by atoms with van der Waals surface area (Å²) in [6.07, 6.45) is 0. The fourth-order valence-electron chi connectivity index (χ4n) is 3.30. The van der Waals surface area contributed by atoms with Gasteiger partial charge in [-0.2, -0.15) is 0 Å². The molecule has 0 radical (unpaired) electrons. The van der Waals surface area contributed by atoms with Gasteiger partial charge in [-0.05, 0) is 80.9 Å². The van der Waals surface area contributed by atoms with Crippen molar-refractivity contribution >= 4 is 11.7 Å². The van der Waals surface area contributed by atoms with Crippen LogP contribution >= 0.6 is 0 Å². The predicted octanol–water partition coefficient (Wildman–Crippen LogP) is 4.90. The minimum Gasteiger partial charge on any atom is -0.497 e. The molecule has 0 atom stereocenters. The van der Waals surface area contributed by atoms with E-state index in [-0.39, 0.29) is 19.0 Å². The minimum atomic E-state index is -0.474. The first-order valence-electron chi connectivity index (χ1n) is 9.89. The molecule has 6 nitrogen and oxygen atoms in total. The van der Waals surface area contributed by atoms with Crippen molar-refractivity contribution in [3.8, 4) is 22.7 Å². The van der Waals surface area contributed by atoms with Crippen molar-refractivity contribution < 1.29 is 23.5 Å². The Morgan fingerprint density at radius 2 is 1.77 bits per heavy atom. The highest BCUT2D eigenvalue weighted by molar-refractivity contribution is 6.01. The number of rotatable bonds is 8. The molecular weight excluding hydrogens is 399 g/mol. The number of carbonyl (C=O) groups excluding carboxylic acids is 1. The van der Waals surface area contributed by atoms with Crippen LogP contribution in [-0.4, -0.2) is 36.6 Å². The molecule has 3 rings (SSSR count). The van der Waals surface area contributed by atoms with Crippen molar-refractivity contribution in [2.24, 2.45) is 5.16 Å². The average Bonchev–Trinajstić information content (AvgIpc) is 3.11. The molecule has 0 N–H and O–H groups in total. The molecule has 1 heterocycles. The van der Waals surface area contributed by atoms with Crippen LogP contribution in [0, 0.1) is 12.7 Å². The van der Waals surface area contributed by atoms with E-state index in [4.69, 9.17) is 14.3 Å². The second-order valence-electron chi connectivity index (χ2n) is 6.82. The second-order valence-corrected chi connectivity index (χ2v) is 6.82. The predicted molar refractivity (Wildman–Crippen MR) is 117 cm³/mol. The molecule has 0 aliphatic rings. The second kappa shape index (κ2) is 9.93. The molecule has 7 heteroatoms. The van der Waals surface area contributed by atoms with E-state index < -0.39 is 5.97 Å². The molecule has 0 unspecified atom stereocenters. The Hall–Kier alpha value is -3.61. The molecule has 0 aliphatic carbocycles. The molecule has 0 amide bonds. The Morgan fingerprint density at radius 1 is 1.10 bits per heavy atom. The van der Waals surface area contributed by atoms with Gasteiger partial charge < -0.3 is 18.9 Å². The molecule has 0 aliphatic heterocycles. The van der Waals surface area contributed by atoms with E-state index in [2.05, 4.69) is 9.72 Å². The van der Waals surface area contributed by atoms with Gasteiger partial charge in [-0.3, -0.25) is 0 Å². The maximum Gasteiger partial charge on any atom is 0.347 e. The zero-order valence-electron chi connectivity index (χ0n) is 18.0. The SMILES string of the molecule is CCOC(=O)CO/N=C(/C)c1cc(-c2ccc(F)cc2)n(-c2ccc(OC)cc2)c1C. The van der Waals surface area contributed by atoms with Crippen molar-refractivity contribution in [2.45, 2.75) is 20.8 Å². The molecule has 3 aromatic rings. The van der Waals surface area contributed by atoms with Crippen LogP contribution in [0.4, 0.5) is 4.39 Å². The van der Waals surface area contributed by atoms with Crippen molar-refractivity contribution in [3.63, 3.8) is 0 Å². The van der Waals surface area contributed by atoms with Gasteiger partial charge in [-0.15, -0.1) is 0 Å². The Bertz CT molecular complexity index is 1070. The zero-order valence-corrected chi connectivity index (χ0v) is 18.0. The van der Waals surface area contributed by atoms with Gasteiger partial charge in [-0.25, -0.2) is 9.18 Å². The third-order valence-electron chi connectivity index (χ3n) is 4.80. The van der Waals surface area contributed by atoms with Gasteiger partial charge in [-0.1, -0.05) is 5.16 Å². The van der Waals surface area contributed by atoms with Gasteiger partial charge in [0.15, 0.2) is 0 Å². The quantitative estimate of drug-likeness (QED) is 0.293. The minimum absolute atomic E-state index is 0.256. The number of benzene rings is 2. The number of carbonyl (C=O) groups is 1. The fraction of sp³-hybridized carbons (Fsp3) is 0.250. The van der Waals surface area contributed by atoms with Crippen molar-refractivity contribution in [1.29, 1.82) is 0 Å². The largest absolute Gasteiger partial charge is 0.497 e. The van der Waals surface area contributed by atoms with Crippen LogP contribution in [0.5, 0.6) is 5.75 Å². The van der Waals surface area contributed by atoms with E-state index in [1.807, 2.05) is 37.3 Å². The van der Waals surface area contributed by atoms with E-state index >= 15 is 0 Å². The van der Waals surface area contributed by atoms with Crippen LogP contribution in [0.2, 0.25) is 0 Å². The van der Waals surface area contributed by atoms with Gasteiger partial charge in [0.25, 0.3) is 0 Å². The maximum absolute atomic E-state index is 13.5. The lowest BCUT2D eigenvalue weighted by Gasteiger charge is -2.13. The Kier molecular flexibility index (Phi) is 7.07. The summed E-state index contributed by atoms with van der Waals surface area (Å²) in [7, 11) is 1.62. The van der Waals surface area contributed by atoms with Gasteiger partial charge >= 0.3 is 5.97 Å². The van der Waals surface area contributed by atoms with Gasteiger partial charge in [0, 0.05) is 16.9 Å². The van der Waals surface area contributed by atoms with Crippen LogP contribution in [0.3, 0.4) is 0 Å². The van der Waals surface area contributed by atoms with Crippen molar-refractivity contribution in [3.05, 3.63) is 71.7 Å². The summed E-state index contributed by atoms with van der Waals surface area (Å²) in [5.74, 6) is -0.0193. The van der Waals surface area contributed by atoms with E-state index in [0.717, 1.165) is 34.0 Å². The molecule has 31 heavy (non-hydrogen) atoms. The monoisotopic (exact) mass is 424 g/mol. The summed E-state index contributed by atoms with van der Waals surface area (Å²) >= 11 is 0. The molecule has 0 saturated heterocycles. The number of ether oxygens (including phenoxy) is 2. The summed E-state index contributed by atoms with van der Waals surface area (Å²) in [5.41, 5.74) is 5.02. The number of halogens is 1. The van der Waals surface area contributed by atoms with Crippen molar-refractivity contribution in [2.75, 3.05) is 20.3 Å². The third kappa shape index (κ3) is 5.12. The van der Waals surface area contributed by atoms with Crippen LogP contribution < -0.4 is 4.74 Å². The van der Waals surface area contributed by atoms with E-state index in [1.54, 1.807) is 33.1 Å². The number of nitrogens with zero attached hydrogens (tertiary/aromatic N) is 2. The van der Waals surface area contributed by atoms with Crippen LogP contribution in [0.1, 0.15) is 25.1 Å². The number of esters is 1. The third-order valence-corrected chi connectivity index (χ3v) is 4.80. The van der Waals surface area contributed by atoms with Gasteiger partial charge in [0.05, 0.1) is 25.1 Å². The van der Waals surface area contributed by atoms with Crippen LogP contribution in [-0.2, 0) is 14.4 Å². The van der Waals surface area contributed by atoms with E-state index in [9.17, 15) is 9.18 Å². The molecule has 2 aromatic carbocycles. The molecule has 0 bridgehead atoms. The number of oxime groups is 1. The fourth-order valence-corrected chi connectivity index (χ4v) is 3.30. The topological polar surface area (TPSA) is 62.0 Å². The molecule has 0 saturated carbocycles. The number of aromatic nitrogens is 1. The van der Waals surface area contributed by atoms with Crippen molar-refractivity contribution in [1.82, 2.24) is 4.57 Å². The first-order chi connectivity index (χ1) is 14.9. The Morgan fingerprint density at radius 3 is 2.39 bits per heavy atom. The molecule has 0 spiro atoms. The summed E-state index contributed by atoms with van der Waals surface area (Å²) < 4.78 is 25.7. The molecule has 1 aromatic heterocycles. The average molecular weight is 424 g/mol. The van der Waals surface area contributed by atoms with Crippen LogP contribution in [0.25, 0.3) is 16.9 Å². The Labute approximate surface area is 180 Å². The summed E-state index contributed by atoms with van der Waals surface area (Å²) in [4.78, 5) is 16.6. The first kappa shape index (κ1) is 22.1. The lowest BCUT2D eigenvalue weighted by Crippen LogP contribution is -2.11. The Balaban J connectivity index is 2.02. The van der Waals surface area contributed by atoms with E-state index in [1.165, 1.54) is 12.1 Å². The maximum atomic E-state index is 13.5. The summed E-state index contributed by atoms with van der Waals surface area (Å²) in [6, 6.07) is 16.0. The highest BCUT2D eigenvalue weighted by atomic mass is 19.1. The molecule has 0 fully saturated rings. The summed E-state index contributed by atoms with van der Waals surface area (Å²) in [5, 5.41) is 4.08. The summed E-state index contributed by atoms with van der Waals surface area (Å²) in [6.45, 7) is 5.54. The van der Waals surface area contributed by atoms with Gasteiger partial charge in [0.1, 0.15) is 11.6 Å². The number of methoxy groups -OCH3 is 1. The van der Waals surface area contributed by atoms with E-state index in [0.29, 0.717) is 5.71 Å². The highest BCUT2D eigenvalue weighted by Crippen LogP contribution is 2.31. The number of hydrogen-bond acceptors (Lipinski definition) is 5. The molecular formula is C24H25FN2O4. The lowest BCUT2D eigenvalue weighted by atomic mass is 10.1. The number of hydrogen-bond donors (Lipinski definition) is 0. The smallest absolute Gasteiger partial charge is 0.347 e. The molecule has 162 valence electrons. The lowest BCUT2D eigenvalue weighted by molar-refractivity contribution is -0.148. The first-order valence-corrected chi connectivity index (χ1v) is 9.89. The normalized spacial score (nSPS) is 11.3.